The number of aromatic nitrogens is 4. The number of nitrogens with zero attached hydrogens (tertiary/aromatic N) is 5. The van der Waals surface area contributed by atoms with E-state index in [0.29, 0.717) is 44.3 Å². The molecule has 0 aromatic carbocycles. The van der Waals surface area contributed by atoms with E-state index in [4.69, 9.17) is 13.7 Å². The molecule has 3 aromatic rings. The van der Waals surface area contributed by atoms with Crippen LogP contribution in [0.15, 0.2) is 38.2 Å². The van der Waals surface area contributed by atoms with Crippen LogP contribution in [0.3, 0.4) is 0 Å². The minimum absolute atomic E-state index is 0.115. The second-order valence-electron chi connectivity index (χ2n) is 7.22. The van der Waals surface area contributed by atoms with Crippen LogP contribution in [0.1, 0.15) is 42.0 Å². The molecule has 1 fully saturated rings. The number of piperidine rings is 1. The molecule has 0 atom stereocenters. The van der Waals surface area contributed by atoms with Gasteiger partial charge in [0.25, 0.3) is 5.91 Å². The van der Waals surface area contributed by atoms with Gasteiger partial charge in [0.1, 0.15) is 5.82 Å². The summed E-state index contributed by atoms with van der Waals surface area (Å²) in [7, 11) is 1.60. The van der Waals surface area contributed by atoms with Crippen LogP contribution in [0.2, 0.25) is 0 Å². The van der Waals surface area contributed by atoms with E-state index >= 15 is 0 Å². The summed E-state index contributed by atoms with van der Waals surface area (Å²) < 4.78 is 18.8. The van der Waals surface area contributed by atoms with E-state index in [9.17, 15) is 9.59 Å². The van der Waals surface area contributed by atoms with E-state index in [-0.39, 0.29) is 23.2 Å². The van der Waals surface area contributed by atoms with Crippen LogP contribution in [0.4, 0.5) is 0 Å². The van der Waals surface area contributed by atoms with Crippen LogP contribution < -0.4 is 5.69 Å². The normalized spacial score (nSPS) is 15.1. The first-order chi connectivity index (χ1) is 14.6. The molecular formula is C20H25N5O5. The maximum Gasteiger partial charge on any atom is 0.345 e. The minimum Gasteiger partial charge on any atom is -0.461 e. The van der Waals surface area contributed by atoms with Gasteiger partial charge in [-0.05, 0) is 31.9 Å². The lowest BCUT2D eigenvalue weighted by molar-refractivity contribution is 0.0699. The summed E-state index contributed by atoms with van der Waals surface area (Å²) in [4.78, 5) is 27.1. The largest absolute Gasteiger partial charge is 0.461 e. The van der Waals surface area contributed by atoms with E-state index in [0.717, 1.165) is 18.7 Å². The molecule has 1 saturated heterocycles. The molecular weight excluding hydrogens is 390 g/mol. The monoisotopic (exact) mass is 415 g/mol. The zero-order valence-electron chi connectivity index (χ0n) is 17.1. The average molecular weight is 415 g/mol. The van der Waals surface area contributed by atoms with Crippen molar-refractivity contribution < 1.29 is 18.5 Å². The molecule has 3 aromatic heterocycles. The molecule has 0 aliphatic carbocycles. The zero-order valence-corrected chi connectivity index (χ0v) is 17.1. The quantitative estimate of drug-likeness (QED) is 0.580. The van der Waals surface area contributed by atoms with Crippen molar-refractivity contribution in [2.24, 2.45) is 0 Å². The topological polar surface area (TPSA) is 109 Å². The highest BCUT2D eigenvalue weighted by Gasteiger charge is 2.30. The average Bonchev–Trinajstić information content (AvgIpc) is 3.52. The summed E-state index contributed by atoms with van der Waals surface area (Å²) in [5, 5.41) is 8.44. The lowest BCUT2D eigenvalue weighted by atomic mass is 9.95. The Bertz CT molecular complexity index is 1040. The van der Waals surface area contributed by atoms with Crippen LogP contribution in [-0.2, 0) is 17.8 Å². The first-order valence-electron chi connectivity index (χ1n) is 10.1. The second-order valence-corrected chi connectivity index (χ2v) is 7.22. The van der Waals surface area contributed by atoms with E-state index < -0.39 is 0 Å². The molecule has 4 heterocycles. The van der Waals surface area contributed by atoms with Gasteiger partial charge in [-0.25, -0.2) is 9.48 Å². The molecule has 0 N–H and O–H groups in total. The number of methoxy groups -OCH3 is 1. The second kappa shape index (κ2) is 8.70. The third-order valence-corrected chi connectivity index (χ3v) is 5.42. The van der Waals surface area contributed by atoms with Crippen LogP contribution >= 0.6 is 0 Å². The molecule has 1 aliphatic heterocycles. The smallest absolute Gasteiger partial charge is 0.345 e. The molecule has 30 heavy (non-hydrogen) atoms. The summed E-state index contributed by atoms with van der Waals surface area (Å²) in [5.74, 6) is 1.69. The molecule has 1 amide bonds. The molecule has 0 bridgehead atoms. The standard InChI is InChI=1S/C20H25N5O5/c1-3-24-18(21-25(20(24)27)10-12-28-2)14-6-8-23(9-7-14)19(26)15-13-17(30-22-15)16-5-4-11-29-16/h4-5,11,13-14H,3,6-10,12H2,1-2H3. The van der Waals surface area contributed by atoms with Gasteiger partial charge < -0.3 is 18.6 Å². The highest BCUT2D eigenvalue weighted by Crippen LogP contribution is 2.28. The predicted octanol–water partition coefficient (Wildman–Crippen LogP) is 1.98. The Hall–Kier alpha value is -3.14. The summed E-state index contributed by atoms with van der Waals surface area (Å²) >= 11 is 0. The lowest BCUT2D eigenvalue weighted by Crippen LogP contribution is -2.38. The molecule has 160 valence electrons. The van der Waals surface area contributed by atoms with Gasteiger partial charge in [-0.15, -0.1) is 0 Å². The number of carbonyl (C=O) groups is 1. The number of likely N-dealkylation sites (tertiary alicyclic amines) is 1. The third kappa shape index (κ3) is 3.82. The van der Waals surface area contributed by atoms with Gasteiger partial charge in [0.05, 0.1) is 19.4 Å². The molecule has 10 heteroatoms. The first kappa shape index (κ1) is 20.1. The molecule has 4 rings (SSSR count). The molecule has 0 spiro atoms. The number of furan rings is 1. The summed E-state index contributed by atoms with van der Waals surface area (Å²) in [6, 6.07) is 5.09. The van der Waals surface area contributed by atoms with E-state index in [1.54, 1.807) is 34.8 Å². The number of ether oxygens (including phenoxy) is 1. The maximum absolute atomic E-state index is 12.8. The molecule has 10 nitrogen and oxygen atoms in total. The lowest BCUT2D eigenvalue weighted by Gasteiger charge is -2.31. The van der Waals surface area contributed by atoms with Crippen LogP contribution in [0.25, 0.3) is 11.5 Å². The fourth-order valence-electron chi connectivity index (χ4n) is 3.79. The van der Waals surface area contributed by atoms with Crippen LogP contribution in [0, 0.1) is 0 Å². The van der Waals surface area contributed by atoms with Crippen molar-refractivity contribution >= 4 is 5.91 Å². The molecule has 0 unspecified atom stereocenters. The summed E-state index contributed by atoms with van der Waals surface area (Å²) in [6.07, 6.45) is 3.00. The van der Waals surface area contributed by atoms with Crippen molar-refractivity contribution in [2.45, 2.75) is 38.8 Å². The first-order valence-corrected chi connectivity index (χ1v) is 10.1. The van der Waals surface area contributed by atoms with Gasteiger partial charge in [-0.2, -0.15) is 5.10 Å². The minimum atomic E-state index is -0.173. The number of amides is 1. The van der Waals surface area contributed by atoms with Gasteiger partial charge in [0.15, 0.2) is 11.5 Å². The fourth-order valence-corrected chi connectivity index (χ4v) is 3.79. The highest BCUT2D eigenvalue weighted by atomic mass is 16.5. The molecule has 0 saturated carbocycles. The zero-order chi connectivity index (χ0) is 21.1. The van der Waals surface area contributed by atoms with Gasteiger partial charge in [0, 0.05) is 38.7 Å². The maximum atomic E-state index is 12.8. The SMILES string of the molecule is CCn1c(C2CCN(C(=O)c3cc(-c4ccco4)on3)CC2)nn(CCOC)c1=O. The van der Waals surface area contributed by atoms with Crippen molar-refractivity contribution in [2.75, 3.05) is 26.8 Å². The number of hydrogen-bond donors (Lipinski definition) is 0. The fraction of sp³-hybridized carbons (Fsp3) is 0.500. The van der Waals surface area contributed by atoms with E-state index in [1.165, 1.54) is 10.9 Å². The van der Waals surface area contributed by atoms with Crippen LogP contribution in [0.5, 0.6) is 0 Å². The van der Waals surface area contributed by atoms with Gasteiger partial charge in [-0.1, -0.05) is 5.16 Å². The summed E-state index contributed by atoms with van der Waals surface area (Å²) in [5.41, 5.74) is 0.144. The van der Waals surface area contributed by atoms with Gasteiger partial charge >= 0.3 is 5.69 Å². The summed E-state index contributed by atoms with van der Waals surface area (Å²) in [6.45, 7) is 4.49. The third-order valence-electron chi connectivity index (χ3n) is 5.42. The van der Waals surface area contributed by atoms with Crippen LogP contribution in [-0.4, -0.2) is 57.1 Å². The highest BCUT2D eigenvalue weighted by molar-refractivity contribution is 5.93. The van der Waals surface area contributed by atoms with Gasteiger partial charge in [0.2, 0.25) is 5.76 Å². The van der Waals surface area contributed by atoms with E-state index in [1.807, 2.05) is 6.92 Å². The van der Waals surface area contributed by atoms with Crippen molar-refractivity contribution in [1.29, 1.82) is 0 Å². The Kier molecular flexibility index (Phi) is 5.84. The number of rotatable bonds is 7. The van der Waals surface area contributed by atoms with E-state index in [2.05, 4.69) is 10.3 Å². The number of carbonyl (C=O) groups excluding carboxylic acids is 1. The molecule has 1 aliphatic rings. The Morgan fingerprint density at radius 3 is 2.77 bits per heavy atom. The van der Waals surface area contributed by atoms with Crippen molar-refractivity contribution in [3.05, 3.63) is 46.5 Å². The predicted molar refractivity (Wildman–Crippen MR) is 106 cm³/mol. The Labute approximate surface area is 173 Å². The Balaban J connectivity index is 1.43. The van der Waals surface area contributed by atoms with Crippen molar-refractivity contribution in [3.63, 3.8) is 0 Å². The Morgan fingerprint density at radius 1 is 1.30 bits per heavy atom. The molecule has 0 radical (unpaired) electrons. The van der Waals surface area contributed by atoms with Crippen molar-refractivity contribution in [1.82, 2.24) is 24.4 Å². The number of hydrogen-bond acceptors (Lipinski definition) is 7. The Morgan fingerprint density at radius 2 is 2.10 bits per heavy atom. The van der Waals surface area contributed by atoms with Crippen molar-refractivity contribution in [3.8, 4) is 11.5 Å². The van der Waals surface area contributed by atoms with Gasteiger partial charge in [-0.3, -0.25) is 9.36 Å².